The Balaban J connectivity index is 2.05. The molecular formula is C17H18N2O2. The maximum Gasteiger partial charge on any atom is 0.244 e. The van der Waals surface area contributed by atoms with Crippen LogP contribution in [0.2, 0.25) is 0 Å². The molecule has 0 unspecified atom stereocenters. The molecule has 0 aromatic heterocycles. The molecule has 0 atom stereocenters. The molecule has 0 fully saturated rings. The van der Waals surface area contributed by atoms with Crippen molar-refractivity contribution in [2.75, 3.05) is 0 Å². The zero-order valence-corrected chi connectivity index (χ0v) is 11.9. The highest BCUT2D eigenvalue weighted by atomic mass is 16.3. The Morgan fingerprint density at radius 2 is 1.76 bits per heavy atom. The number of nitrogens with one attached hydrogen (secondary N) is 1. The highest BCUT2D eigenvalue weighted by molar-refractivity contribution is 6.03. The number of para-hydroxylation sites is 1. The topological polar surface area (TPSA) is 61.7 Å². The summed E-state index contributed by atoms with van der Waals surface area (Å²) in [6.07, 6.45) is 0.894. The van der Waals surface area contributed by atoms with Crippen LogP contribution in [0, 0.1) is 0 Å². The summed E-state index contributed by atoms with van der Waals surface area (Å²) in [5.41, 5.74) is 4.77. The predicted octanol–water partition coefficient (Wildman–Crippen LogP) is 2.87. The first-order chi connectivity index (χ1) is 10.2. The number of hydrogen-bond donors (Lipinski definition) is 2. The van der Waals surface area contributed by atoms with E-state index in [0.29, 0.717) is 17.7 Å². The molecular weight excluding hydrogens is 264 g/mol. The van der Waals surface area contributed by atoms with Crippen molar-refractivity contribution in [3.8, 4) is 5.75 Å². The molecule has 0 saturated carbocycles. The summed E-state index contributed by atoms with van der Waals surface area (Å²) in [5, 5.41) is 13.9. The van der Waals surface area contributed by atoms with Gasteiger partial charge in [0, 0.05) is 5.56 Å². The fraction of sp³-hybridized carbons (Fsp3) is 0.176. The van der Waals surface area contributed by atoms with E-state index in [1.165, 1.54) is 0 Å². The summed E-state index contributed by atoms with van der Waals surface area (Å²) >= 11 is 0. The number of carbonyl (C=O) groups is 1. The van der Waals surface area contributed by atoms with Gasteiger partial charge >= 0.3 is 0 Å². The number of amides is 1. The zero-order chi connectivity index (χ0) is 15.1. The summed E-state index contributed by atoms with van der Waals surface area (Å²) in [4.78, 5) is 11.9. The SMILES string of the molecule is CC/C(=N/NC(=O)Cc1ccccc1)c1ccccc1O. The van der Waals surface area contributed by atoms with E-state index in [9.17, 15) is 9.90 Å². The van der Waals surface area contributed by atoms with Gasteiger partial charge in [0.1, 0.15) is 5.75 Å². The lowest BCUT2D eigenvalue weighted by Crippen LogP contribution is -2.21. The first-order valence-corrected chi connectivity index (χ1v) is 6.88. The van der Waals surface area contributed by atoms with Crippen molar-refractivity contribution in [1.29, 1.82) is 0 Å². The van der Waals surface area contributed by atoms with E-state index in [2.05, 4.69) is 10.5 Å². The first kappa shape index (κ1) is 14.8. The van der Waals surface area contributed by atoms with Gasteiger partial charge in [-0.2, -0.15) is 5.10 Å². The Labute approximate surface area is 124 Å². The number of hydrazone groups is 1. The van der Waals surface area contributed by atoms with Gasteiger partial charge in [-0.15, -0.1) is 0 Å². The Morgan fingerprint density at radius 3 is 2.43 bits per heavy atom. The monoisotopic (exact) mass is 282 g/mol. The summed E-state index contributed by atoms with van der Waals surface area (Å²) in [7, 11) is 0. The normalized spacial score (nSPS) is 11.2. The summed E-state index contributed by atoms with van der Waals surface area (Å²) in [6.45, 7) is 1.93. The van der Waals surface area contributed by atoms with Crippen LogP contribution in [-0.2, 0) is 11.2 Å². The summed E-state index contributed by atoms with van der Waals surface area (Å²) < 4.78 is 0. The molecule has 108 valence electrons. The Kier molecular flexibility index (Phi) is 5.10. The highest BCUT2D eigenvalue weighted by Crippen LogP contribution is 2.17. The molecule has 1 amide bonds. The average Bonchev–Trinajstić information content (AvgIpc) is 2.50. The van der Waals surface area contributed by atoms with Gasteiger partial charge in [0.05, 0.1) is 12.1 Å². The molecule has 4 heteroatoms. The van der Waals surface area contributed by atoms with Gasteiger partial charge in [0.25, 0.3) is 0 Å². The van der Waals surface area contributed by atoms with Gasteiger partial charge in [0.15, 0.2) is 0 Å². The van der Waals surface area contributed by atoms with Gasteiger partial charge in [0.2, 0.25) is 5.91 Å². The van der Waals surface area contributed by atoms with Crippen LogP contribution in [-0.4, -0.2) is 16.7 Å². The number of rotatable bonds is 5. The minimum absolute atomic E-state index is 0.162. The van der Waals surface area contributed by atoms with Crippen molar-refractivity contribution in [3.05, 3.63) is 65.7 Å². The molecule has 0 aliphatic carbocycles. The second kappa shape index (κ2) is 7.24. The van der Waals surface area contributed by atoms with Crippen LogP contribution in [0.3, 0.4) is 0 Å². The van der Waals surface area contributed by atoms with Crippen molar-refractivity contribution in [2.45, 2.75) is 19.8 Å². The van der Waals surface area contributed by atoms with Crippen molar-refractivity contribution >= 4 is 11.6 Å². The van der Waals surface area contributed by atoms with E-state index < -0.39 is 0 Å². The van der Waals surface area contributed by atoms with Gasteiger partial charge < -0.3 is 5.11 Å². The minimum atomic E-state index is -0.178. The molecule has 0 bridgehead atoms. The number of phenolic OH excluding ortho intramolecular Hbond substituents is 1. The number of aromatic hydroxyl groups is 1. The second-order valence-electron chi connectivity index (χ2n) is 4.63. The van der Waals surface area contributed by atoms with E-state index in [1.807, 2.05) is 43.3 Å². The third kappa shape index (κ3) is 4.18. The van der Waals surface area contributed by atoms with Crippen LogP contribution in [0.5, 0.6) is 5.75 Å². The van der Waals surface area contributed by atoms with Crippen molar-refractivity contribution in [3.63, 3.8) is 0 Å². The van der Waals surface area contributed by atoms with Crippen LogP contribution in [0.25, 0.3) is 0 Å². The first-order valence-electron chi connectivity index (χ1n) is 6.88. The largest absolute Gasteiger partial charge is 0.507 e. The molecule has 0 aliphatic rings. The van der Waals surface area contributed by atoms with Crippen molar-refractivity contribution < 1.29 is 9.90 Å². The molecule has 0 aliphatic heterocycles. The fourth-order valence-electron chi connectivity index (χ4n) is 2.00. The average molecular weight is 282 g/mol. The number of phenols is 1. The van der Waals surface area contributed by atoms with E-state index >= 15 is 0 Å². The number of nitrogens with zero attached hydrogens (tertiary/aromatic N) is 1. The number of benzene rings is 2. The van der Waals surface area contributed by atoms with Crippen LogP contribution >= 0.6 is 0 Å². The number of hydrogen-bond acceptors (Lipinski definition) is 3. The maximum absolute atomic E-state index is 11.9. The highest BCUT2D eigenvalue weighted by Gasteiger charge is 2.08. The Bertz CT molecular complexity index is 636. The molecule has 2 rings (SSSR count). The predicted molar refractivity (Wildman–Crippen MR) is 83.2 cm³/mol. The Hall–Kier alpha value is -2.62. The van der Waals surface area contributed by atoms with Crippen molar-refractivity contribution in [1.82, 2.24) is 5.43 Å². The van der Waals surface area contributed by atoms with Crippen LogP contribution < -0.4 is 5.43 Å². The molecule has 0 spiro atoms. The fourth-order valence-corrected chi connectivity index (χ4v) is 2.00. The quantitative estimate of drug-likeness (QED) is 0.654. The standard InChI is InChI=1S/C17H18N2O2/c1-2-15(14-10-6-7-11-16(14)20)18-19-17(21)12-13-8-4-3-5-9-13/h3-11,20H,2,12H2,1H3,(H,19,21)/b18-15-. The van der Waals surface area contributed by atoms with Gasteiger partial charge in [-0.25, -0.2) is 5.43 Å². The minimum Gasteiger partial charge on any atom is -0.507 e. The molecule has 0 saturated heterocycles. The maximum atomic E-state index is 11.9. The van der Waals surface area contributed by atoms with E-state index in [0.717, 1.165) is 5.56 Å². The molecule has 0 radical (unpaired) electrons. The molecule has 2 aromatic carbocycles. The summed E-state index contributed by atoms with van der Waals surface area (Å²) in [6, 6.07) is 16.4. The second-order valence-corrected chi connectivity index (χ2v) is 4.63. The molecule has 4 nitrogen and oxygen atoms in total. The number of carbonyl (C=O) groups excluding carboxylic acids is 1. The van der Waals surface area contributed by atoms with E-state index in [1.54, 1.807) is 18.2 Å². The van der Waals surface area contributed by atoms with Crippen molar-refractivity contribution in [2.24, 2.45) is 5.10 Å². The summed E-state index contributed by atoms with van der Waals surface area (Å²) in [5.74, 6) is -0.0158. The van der Waals surface area contributed by atoms with E-state index in [-0.39, 0.29) is 18.1 Å². The van der Waals surface area contributed by atoms with Crippen LogP contribution in [0.15, 0.2) is 59.7 Å². The van der Waals surface area contributed by atoms with E-state index in [4.69, 9.17) is 0 Å². The van der Waals surface area contributed by atoms with Crippen LogP contribution in [0.4, 0.5) is 0 Å². The molecule has 2 N–H and O–H groups in total. The smallest absolute Gasteiger partial charge is 0.244 e. The van der Waals surface area contributed by atoms with Crippen LogP contribution in [0.1, 0.15) is 24.5 Å². The molecule has 0 heterocycles. The van der Waals surface area contributed by atoms with Gasteiger partial charge in [-0.1, -0.05) is 49.4 Å². The molecule has 2 aromatic rings. The molecule has 21 heavy (non-hydrogen) atoms. The lowest BCUT2D eigenvalue weighted by atomic mass is 10.1. The van der Waals surface area contributed by atoms with Gasteiger partial charge in [-0.3, -0.25) is 4.79 Å². The Morgan fingerprint density at radius 1 is 1.10 bits per heavy atom. The lowest BCUT2D eigenvalue weighted by molar-refractivity contribution is -0.120. The lowest BCUT2D eigenvalue weighted by Gasteiger charge is -2.07. The third-order valence-electron chi connectivity index (χ3n) is 3.07. The zero-order valence-electron chi connectivity index (χ0n) is 11.9. The van der Waals surface area contributed by atoms with Gasteiger partial charge in [-0.05, 0) is 24.1 Å². The third-order valence-corrected chi connectivity index (χ3v) is 3.07.